The van der Waals surface area contributed by atoms with Gasteiger partial charge >= 0.3 is 0 Å². The molecule has 4 heteroatoms. The number of nitrogens with one attached hydrogen (secondary N) is 1. The lowest BCUT2D eigenvalue weighted by atomic mass is 10.0. The summed E-state index contributed by atoms with van der Waals surface area (Å²) < 4.78 is 5.38. The molecular weight excluding hydrogens is 300 g/mol. The second kappa shape index (κ2) is 7.42. The Hall–Kier alpha value is -3.14. The van der Waals surface area contributed by atoms with Crippen LogP contribution in [-0.2, 0) is 11.2 Å². The van der Waals surface area contributed by atoms with Crippen molar-refractivity contribution in [3.05, 3.63) is 77.9 Å². The first kappa shape index (κ1) is 15.7. The van der Waals surface area contributed by atoms with E-state index < -0.39 is 0 Å². The Morgan fingerprint density at radius 3 is 2.46 bits per heavy atom. The highest BCUT2D eigenvalue weighted by molar-refractivity contribution is 6.02. The van der Waals surface area contributed by atoms with Crippen molar-refractivity contribution in [2.24, 2.45) is 5.10 Å². The van der Waals surface area contributed by atoms with Crippen molar-refractivity contribution >= 4 is 22.9 Å². The largest absolute Gasteiger partial charge is 0.496 e. The molecule has 0 saturated carbocycles. The summed E-state index contributed by atoms with van der Waals surface area (Å²) in [6.07, 6.45) is 1.96. The number of carbonyl (C=O) groups is 1. The topological polar surface area (TPSA) is 50.7 Å². The third-order valence-corrected chi connectivity index (χ3v) is 3.74. The van der Waals surface area contributed by atoms with Gasteiger partial charge in [0.1, 0.15) is 5.75 Å². The monoisotopic (exact) mass is 318 g/mol. The first-order chi connectivity index (χ1) is 11.8. The standard InChI is InChI=1S/C20H18N2O2/c1-24-19-12-11-16(17-9-5-6-10-18(17)19)14-21-22-20(23)13-15-7-3-2-4-8-15/h2-12,14H,13H2,1H3,(H,22,23)/b21-14-. The van der Waals surface area contributed by atoms with E-state index in [1.165, 1.54) is 0 Å². The van der Waals surface area contributed by atoms with E-state index >= 15 is 0 Å². The molecule has 0 aliphatic heterocycles. The molecule has 3 aromatic rings. The predicted molar refractivity (Wildman–Crippen MR) is 96.4 cm³/mol. The van der Waals surface area contributed by atoms with Gasteiger partial charge in [0.15, 0.2) is 0 Å². The van der Waals surface area contributed by atoms with Crippen molar-refractivity contribution in [2.75, 3.05) is 7.11 Å². The van der Waals surface area contributed by atoms with E-state index in [9.17, 15) is 4.79 Å². The molecule has 0 heterocycles. The van der Waals surface area contributed by atoms with Crippen molar-refractivity contribution in [3.63, 3.8) is 0 Å². The van der Waals surface area contributed by atoms with E-state index in [4.69, 9.17) is 4.74 Å². The van der Waals surface area contributed by atoms with E-state index in [0.717, 1.165) is 27.6 Å². The molecule has 1 N–H and O–H groups in total. The third kappa shape index (κ3) is 3.60. The molecule has 0 fully saturated rings. The smallest absolute Gasteiger partial charge is 0.244 e. The van der Waals surface area contributed by atoms with Crippen LogP contribution >= 0.6 is 0 Å². The van der Waals surface area contributed by atoms with Crippen molar-refractivity contribution in [1.29, 1.82) is 0 Å². The number of hydrogen-bond acceptors (Lipinski definition) is 3. The van der Waals surface area contributed by atoms with Gasteiger partial charge < -0.3 is 4.74 Å². The van der Waals surface area contributed by atoms with Crippen molar-refractivity contribution in [2.45, 2.75) is 6.42 Å². The maximum atomic E-state index is 11.9. The van der Waals surface area contributed by atoms with Crippen molar-refractivity contribution in [1.82, 2.24) is 5.43 Å². The molecule has 0 aliphatic carbocycles. The van der Waals surface area contributed by atoms with Crippen LogP contribution in [0.1, 0.15) is 11.1 Å². The number of hydrogen-bond donors (Lipinski definition) is 1. The highest BCUT2D eigenvalue weighted by atomic mass is 16.5. The van der Waals surface area contributed by atoms with Crippen LogP contribution in [0.15, 0.2) is 71.8 Å². The average molecular weight is 318 g/mol. The number of amides is 1. The lowest BCUT2D eigenvalue weighted by Gasteiger charge is -2.07. The van der Waals surface area contributed by atoms with Crippen molar-refractivity contribution < 1.29 is 9.53 Å². The van der Waals surface area contributed by atoms with Gasteiger partial charge in [0.25, 0.3) is 0 Å². The lowest BCUT2D eigenvalue weighted by molar-refractivity contribution is -0.120. The van der Waals surface area contributed by atoms with Crippen LogP contribution in [0.3, 0.4) is 0 Å². The minimum Gasteiger partial charge on any atom is -0.496 e. The summed E-state index contributed by atoms with van der Waals surface area (Å²) in [5.41, 5.74) is 4.45. The molecule has 120 valence electrons. The Bertz CT molecular complexity index is 873. The zero-order valence-electron chi connectivity index (χ0n) is 13.4. The molecular formula is C20H18N2O2. The molecule has 0 aromatic heterocycles. The SMILES string of the molecule is COc1ccc(/C=N\NC(=O)Cc2ccccc2)c2ccccc12. The van der Waals surface area contributed by atoms with E-state index in [2.05, 4.69) is 10.5 Å². The Balaban J connectivity index is 1.73. The summed E-state index contributed by atoms with van der Waals surface area (Å²) in [6, 6.07) is 21.3. The molecule has 3 aromatic carbocycles. The van der Waals surface area contributed by atoms with Gasteiger partial charge in [-0.2, -0.15) is 5.10 Å². The van der Waals surface area contributed by atoms with Crippen LogP contribution < -0.4 is 10.2 Å². The number of methoxy groups -OCH3 is 1. The first-order valence-corrected chi connectivity index (χ1v) is 7.69. The fraction of sp³-hybridized carbons (Fsp3) is 0.100. The summed E-state index contributed by atoms with van der Waals surface area (Å²) in [5.74, 6) is 0.672. The number of fused-ring (bicyclic) bond motifs is 1. The van der Waals surface area contributed by atoms with E-state index in [-0.39, 0.29) is 5.91 Å². The normalized spacial score (nSPS) is 10.9. The third-order valence-electron chi connectivity index (χ3n) is 3.74. The molecule has 0 atom stereocenters. The van der Waals surface area contributed by atoms with Gasteiger partial charge in [-0.3, -0.25) is 4.79 Å². The number of carbonyl (C=O) groups excluding carboxylic acids is 1. The molecule has 24 heavy (non-hydrogen) atoms. The van der Waals surface area contributed by atoms with Gasteiger partial charge in [-0.25, -0.2) is 5.43 Å². The van der Waals surface area contributed by atoms with Gasteiger partial charge in [0, 0.05) is 10.9 Å². The maximum Gasteiger partial charge on any atom is 0.244 e. The van der Waals surface area contributed by atoms with Gasteiger partial charge in [-0.1, -0.05) is 54.6 Å². The lowest BCUT2D eigenvalue weighted by Crippen LogP contribution is -2.19. The zero-order valence-corrected chi connectivity index (χ0v) is 13.4. The Morgan fingerprint density at radius 1 is 1.00 bits per heavy atom. The van der Waals surface area contributed by atoms with Gasteiger partial charge in [0.05, 0.1) is 19.7 Å². The average Bonchev–Trinajstić information content (AvgIpc) is 2.62. The summed E-state index contributed by atoms with van der Waals surface area (Å²) >= 11 is 0. The summed E-state index contributed by atoms with van der Waals surface area (Å²) in [4.78, 5) is 11.9. The highest BCUT2D eigenvalue weighted by Crippen LogP contribution is 2.27. The summed E-state index contributed by atoms with van der Waals surface area (Å²) in [5, 5.41) is 6.12. The number of nitrogens with zero attached hydrogens (tertiary/aromatic N) is 1. The van der Waals surface area contributed by atoms with Crippen LogP contribution in [0, 0.1) is 0 Å². The predicted octanol–water partition coefficient (Wildman–Crippen LogP) is 3.54. The first-order valence-electron chi connectivity index (χ1n) is 7.69. The maximum absolute atomic E-state index is 11.9. The minimum absolute atomic E-state index is 0.143. The molecule has 0 spiro atoms. The molecule has 0 radical (unpaired) electrons. The fourth-order valence-electron chi connectivity index (χ4n) is 2.58. The molecule has 4 nitrogen and oxygen atoms in total. The molecule has 3 rings (SSSR count). The fourth-order valence-corrected chi connectivity index (χ4v) is 2.58. The Kier molecular flexibility index (Phi) is 4.87. The molecule has 1 amide bonds. The minimum atomic E-state index is -0.143. The van der Waals surface area contributed by atoms with Crippen LogP contribution in [0.2, 0.25) is 0 Å². The van der Waals surface area contributed by atoms with Crippen LogP contribution in [-0.4, -0.2) is 19.2 Å². The number of rotatable bonds is 5. The number of hydrazone groups is 1. The molecule has 0 saturated heterocycles. The summed E-state index contributed by atoms with van der Waals surface area (Å²) in [7, 11) is 1.65. The van der Waals surface area contributed by atoms with Crippen LogP contribution in [0.25, 0.3) is 10.8 Å². The number of ether oxygens (including phenoxy) is 1. The molecule has 0 aliphatic rings. The van der Waals surface area contributed by atoms with Crippen molar-refractivity contribution in [3.8, 4) is 5.75 Å². The Morgan fingerprint density at radius 2 is 1.71 bits per heavy atom. The number of benzene rings is 3. The van der Waals surface area contributed by atoms with Gasteiger partial charge in [-0.05, 0) is 23.1 Å². The quantitative estimate of drug-likeness (QED) is 0.578. The second-order valence-corrected chi connectivity index (χ2v) is 5.36. The van der Waals surface area contributed by atoms with Crippen LogP contribution in [0.4, 0.5) is 0 Å². The second-order valence-electron chi connectivity index (χ2n) is 5.36. The molecule has 0 bridgehead atoms. The van der Waals surface area contributed by atoms with Gasteiger partial charge in [-0.15, -0.1) is 0 Å². The summed E-state index contributed by atoms with van der Waals surface area (Å²) in [6.45, 7) is 0. The van der Waals surface area contributed by atoms with Gasteiger partial charge in [0.2, 0.25) is 5.91 Å². The van der Waals surface area contributed by atoms with E-state index in [0.29, 0.717) is 6.42 Å². The highest BCUT2D eigenvalue weighted by Gasteiger charge is 2.05. The van der Waals surface area contributed by atoms with E-state index in [1.807, 2.05) is 66.7 Å². The molecule has 0 unspecified atom stereocenters. The van der Waals surface area contributed by atoms with Crippen LogP contribution in [0.5, 0.6) is 5.75 Å². The Labute approximate surface area is 140 Å². The van der Waals surface area contributed by atoms with E-state index in [1.54, 1.807) is 13.3 Å². The zero-order chi connectivity index (χ0) is 16.8.